The maximum absolute atomic E-state index is 11.5. The normalized spacial score (nSPS) is 17.5. The van der Waals surface area contributed by atoms with Crippen LogP contribution in [0.25, 0.3) is 0 Å². The van der Waals surface area contributed by atoms with Crippen LogP contribution in [0.1, 0.15) is 27.7 Å². The number of carbonyl (C=O) groups excluding carboxylic acids is 1. The molecule has 1 fully saturated rings. The third-order valence-corrected chi connectivity index (χ3v) is 1.93. The molecule has 1 aliphatic heterocycles. The Labute approximate surface area is 90.7 Å². The number of hydroxylamine groups is 1. The van der Waals surface area contributed by atoms with Crippen molar-refractivity contribution in [3.05, 3.63) is 0 Å². The van der Waals surface area contributed by atoms with Crippen LogP contribution < -0.4 is 5.48 Å². The first-order chi connectivity index (χ1) is 6.92. The number of carbonyl (C=O) groups is 1. The fourth-order valence-corrected chi connectivity index (χ4v) is 1.23. The Hall–Kier alpha value is -0.810. The van der Waals surface area contributed by atoms with Gasteiger partial charge in [0.05, 0.1) is 12.6 Å². The van der Waals surface area contributed by atoms with E-state index in [0.717, 1.165) is 0 Å². The third-order valence-electron chi connectivity index (χ3n) is 1.93. The summed E-state index contributed by atoms with van der Waals surface area (Å²) in [5.41, 5.74) is 2.45. The predicted octanol–water partition coefficient (Wildman–Crippen LogP) is 1.15. The van der Waals surface area contributed by atoms with E-state index in [9.17, 15) is 4.79 Å². The van der Waals surface area contributed by atoms with Crippen LogP contribution >= 0.6 is 0 Å². The van der Waals surface area contributed by atoms with Gasteiger partial charge in [-0.15, -0.1) is 0 Å². The van der Waals surface area contributed by atoms with Crippen LogP contribution in [-0.2, 0) is 9.57 Å². The van der Waals surface area contributed by atoms with Crippen molar-refractivity contribution in [3.8, 4) is 0 Å². The van der Waals surface area contributed by atoms with Crippen LogP contribution in [0.2, 0.25) is 0 Å². The van der Waals surface area contributed by atoms with Gasteiger partial charge in [0.1, 0.15) is 5.60 Å². The summed E-state index contributed by atoms with van der Waals surface area (Å²) in [4.78, 5) is 18.2. The van der Waals surface area contributed by atoms with E-state index in [4.69, 9.17) is 9.57 Å². The average molecular weight is 216 g/mol. The van der Waals surface area contributed by atoms with Crippen molar-refractivity contribution in [3.63, 3.8) is 0 Å². The average Bonchev–Trinajstić information content (AvgIpc) is 1.98. The van der Waals surface area contributed by atoms with Crippen molar-refractivity contribution in [1.82, 2.24) is 10.4 Å². The van der Waals surface area contributed by atoms with Crippen molar-refractivity contribution in [1.29, 1.82) is 0 Å². The molecule has 88 valence electrons. The Balaban J connectivity index is 2.18. The molecule has 0 saturated carbocycles. The SMILES string of the molecule is CCONC1CN(C(=O)OC(C)(C)C)C1. The molecule has 5 heteroatoms. The van der Waals surface area contributed by atoms with Crippen LogP contribution in [0, 0.1) is 0 Å². The summed E-state index contributed by atoms with van der Waals surface area (Å²) in [5, 5.41) is 0. The Kier molecular flexibility index (Phi) is 3.93. The molecule has 0 aromatic carbocycles. The zero-order valence-electron chi connectivity index (χ0n) is 9.87. The van der Waals surface area contributed by atoms with Crippen LogP contribution in [0.15, 0.2) is 0 Å². The van der Waals surface area contributed by atoms with Gasteiger partial charge in [0.15, 0.2) is 0 Å². The first-order valence-electron chi connectivity index (χ1n) is 5.27. The lowest BCUT2D eigenvalue weighted by atomic mass is 10.1. The van der Waals surface area contributed by atoms with Crippen LogP contribution in [0.4, 0.5) is 4.79 Å². The van der Waals surface area contributed by atoms with Gasteiger partial charge >= 0.3 is 6.09 Å². The zero-order valence-corrected chi connectivity index (χ0v) is 9.87. The lowest BCUT2D eigenvalue weighted by Gasteiger charge is -2.39. The number of hydrogen-bond donors (Lipinski definition) is 1. The Morgan fingerprint density at radius 1 is 1.47 bits per heavy atom. The van der Waals surface area contributed by atoms with Gasteiger partial charge < -0.3 is 14.5 Å². The summed E-state index contributed by atoms with van der Waals surface area (Å²) in [5.74, 6) is 0. The van der Waals surface area contributed by atoms with E-state index in [1.807, 2.05) is 27.7 Å². The Bertz CT molecular complexity index is 219. The summed E-state index contributed by atoms with van der Waals surface area (Å²) in [6, 6.07) is 0.234. The maximum Gasteiger partial charge on any atom is 0.410 e. The summed E-state index contributed by atoms with van der Waals surface area (Å²) in [7, 11) is 0. The smallest absolute Gasteiger partial charge is 0.410 e. The molecule has 1 saturated heterocycles. The van der Waals surface area contributed by atoms with E-state index < -0.39 is 5.60 Å². The predicted molar refractivity (Wildman–Crippen MR) is 56.4 cm³/mol. The summed E-state index contributed by atoms with van der Waals surface area (Å²) in [6.45, 7) is 9.42. The first-order valence-corrected chi connectivity index (χ1v) is 5.27. The number of nitrogens with one attached hydrogen (secondary N) is 1. The molecule has 0 bridgehead atoms. The molecule has 0 unspecified atom stereocenters. The van der Waals surface area contributed by atoms with Gasteiger partial charge in [0, 0.05) is 13.1 Å². The van der Waals surface area contributed by atoms with Gasteiger partial charge in [0.2, 0.25) is 0 Å². The lowest BCUT2D eigenvalue weighted by Crippen LogP contribution is -2.60. The molecular weight excluding hydrogens is 196 g/mol. The molecule has 0 aliphatic carbocycles. The zero-order chi connectivity index (χ0) is 11.5. The molecule has 1 aliphatic rings. The molecule has 1 N–H and O–H groups in total. The molecule has 1 amide bonds. The number of nitrogens with zero attached hydrogens (tertiary/aromatic N) is 1. The van der Waals surface area contributed by atoms with Gasteiger partial charge in [-0.1, -0.05) is 0 Å². The van der Waals surface area contributed by atoms with Crippen LogP contribution in [0.3, 0.4) is 0 Å². The molecule has 1 heterocycles. The fraction of sp³-hybridized carbons (Fsp3) is 0.900. The fourth-order valence-electron chi connectivity index (χ4n) is 1.23. The monoisotopic (exact) mass is 216 g/mol. The maximum atomic E-state index is 11.5. The molecule has 0 atom stereocenters. The van der Waals surface area contributed by atoms with Crippen molar-refractivity contribution < 1.29 is 14.4 Å². The number of ether oxygens (including phenoxy) is 1. The molecule has 1 rings (SSSR count). The quantitative estimate of drug-likeness (QED) is 0.719. The minimum Gasteiger partial charge on any atom is -0.444 e. The van der Waals surface area contributed by atoms with Gasteiger partial charge in [-0.25, -0.2) is 4.79 Å². The van der Waals surface area contributed by atoms with E-state index in [1.165, 1.54) is 0 Å². The minimum absolute atomic E-state index is 0.234. The molecule has 15 heavy (non-hydrogen) atoms. The van der Waals surface area contributed by atoms with Crippen molar-refractivity contribution in [2.24, 2.45) is 0 Å². The van der Waals surface area contributed by atoms with Crippen molar-refractivity contribution >= 4 is 6.09 Å². The van der Waals surface area contributed by atoms with Crippen molar-refractivity contribution in [2.45, 2.75) is 39.3 Å². The number of hydrogen-bond acceptors (Lipinski definition) is 4. The van der Waals surface area contributed by atoms with Crippen molar-refractivity contribution in [2.75, 3.05) is 19.7 Å². The van der Waals surface area contributed by atoms with Gasteiger partial charge in [-0.3, -0.25) is 0 Å². The van der Waals surface area contributed by atoms with Gasteiger partial charge in [-0.2, -0.15) is 5.48 Å². The molecule has 5 nitrogen and oxygen atoms in total. The summed E-state index contributed by atoms with van der Waals surface area (Å²) in [6.07, 6.45) is -0.253. The second-order valence-corrected chi connectivity index (χ2v) is 4.63. The lowest BCUT2D eigenvalue weighted by molar-refractivity contribution is -0.0395. The minimum atomic E-state index is -0.421. The molecule has 0 radical (unpaired) electrons. The molecular formula is C10H20N2O3. The first kappa shape index (κ1) is 12.3. The number of amides is 1. The largest absolute Gasteiger partial charge is 0.444 e. The Morgan fingerprint density at radius 2 is 2.07 bits per heavy atom. The standard InChI is InChI=1S/C10H20N2O3/c1-5-14-11-8-6-12(7-8)9(13)15-10(2,3)4/h8,11H,5-7H2,1-4H3. The Morgan fingerprint density at radius 3 is 2.53 bits per heavy atom. The van der Waals surface area contributed by atoms with E-state index in [2.05, 4.69) is 5.48 Å². The highest BCUT2D eigenvalue weighted by Gasteiger charge is 2.33. The van der Waals surface area contributed by atoms with Crippen LogP contribution in [0.5, 0.6) is 0 Å². The molecule has 0 aromatic rings. The second kappa shape index (κ2) is 4.81. The van der Waals surface area contributed by atoms with Gasteiger partial charge in [-0.05, 0) is 27.7 Å². The van der Waals surface area contributed by atoms with Crippen LogP contribution in [-0.4, -0.2) is 42.3 Å². The highest BCUT2D eigenvalue weighted by Crippen LogP contribution is 2.14. The highest BCUT2D eigenvalue weighted by atomic mass is 16.6. The second-order valence-electron chi connectivity index (χ2n) is 4.63. The summed E-state index contributed by atoms with van der Waals surface area (Å²) < 4.78 is 5.21. The third kappa shape index (κ3) is 4.05. The molecule has 0 aromatic heterocycles. The van der Waals surface area contributed by atoms with E-state index >= 15 is 0 Å². The van der Waals surface area contributed by atoms with E-state index in [0.29, 0.717) is 19.7 Å². The van der Waals surface area contributed by atoms with E-state index in [1.54, 1.807) is 4.90 Å². The number of likely N-dealkylation sites (tertiary alicyclic amines) is 1. The topological polar surface area (TPSA) is 50.8 Å². The van der Waals surface area contributed by atoms with Gasteiger partial charge in [0.25, 0.3) is 0 Å². The van der Waals surface area contributed by atoms with E-state index in [-0.39, 0.29) is 12.1 Å². The molecule has 0 spiro atoms. The highest BCUT2D eigenvalue weighted by molar-refractivity contribution is 5.69. The number of rotatable bonds is 3. The summed E-state index contributed by atoms with van der Waals surface area (Å²) >= 11 is 0.